The number of hydrogen-bond acceptors (Lipinski definition) is 3. The highest BCUT2D eigenvalue weighted by Crippen LogP contribution is 2.51. The van der Waals surface area contributed by atoms with Crippen LogP contribution in [-0.4, -0.2) is 10.2 Å². The molecule has 0 bridgehead atoms. The molecule has 0 aromatic heterocycles. The lowest BCUT2D eigenvalue weighted by molar-refractivity contribution is 0.221. The molecule has 2 rings (SSSR count). The van der Waals surface area contributed by atoms with Gasteiger partial charge in [0.2, 0.25) is 0 Å². The van der Waals surface area contributed by atoms with E-state index in [0.717, 1.165) is 32.1 Å². The first-order valence-corrected chi connectivity index (χ1v) is 12.4. The van der Waals surface area contributed by atoms with Crippen molar-refractivity contribution in [3.8, 4) is 5.75 Å². The van der Waals surface area contributed by atoms with Gasteiger partial charge >= 0.3 is 0 Å². The lowest BCUT2D eigenvalue weighted by Gasteiger charge is -2.39. The molecule has 0 fully saturated rings. The molecule has 1 atom stereocenters. The number of thioether (sulfide) groups is 1. The van der Waals surface area contributed by atoms with E-state index in [1.54, 1.807) is 11.8 Å². The smallest absolute Gasteiger partial charge is 0.123 e. The van der Waals surface area contributed by atoms with Crippen LogP contribution < -0.4 is 0 Å². The number of aromatic hydroxyl groups is 1. The predicted octanol–water partition coefficient (Wildman–Crippen LogP) is 9.05. The third-order valence-electron chi connectivity index (χ3n) is 6.09. The van der Waals surface area contributed by atoms with Gasteiger partial charge in [0.15, 0.2) is 0 Å². The third-order valence-corrected chi connectivity index (χ3v) is 7.16. The minimum atomic E-state index is -0.179. The van der Waals surface area contributed by atoms with Gasteiger partial charge in [0.25, 0.3) is 0 Å². The van der Waals surface area contributed by atoms with Gasteiger partial charge in [-0.25, -0.2) is 0 Å². The molecule has 0 saturated heterocycles. The average molecular weight is 457 g/mol. The van der Waals surface area contributed by atoms with E-state index in [1.165, 1.54) is 0 Å². The number of aliphatic hydroxyl groups excluding tert-OH is 1. The summed E-state index contributed by atoms with van der Waals surface area (Å²) in [7, 11) is 0. The van der Waals surface area contributed by atoms with Gasteiger partial charge in [-0.05, 0) is 51.0 Å². The molecule has 0 spiro atoms. The van der Waals surface area contributed by atoms with E-state index >= 15 is 0 Å². The van der Waals surface area contributed by atoms with E-state index < -0.39 is 0 Å². The molecule has 2 N–H and O–H groups in total. The summed E-state index contributed by atoms with van der Waals surface area (Å²) in [4.78, 5) is 2.17. The van der Waals surface area contributed by atoms with Crippen LogP contribution in [0.25, 0.3) is 0 Å². The van der Waals surface area contributed by atoms with Crippen molar-refractivity contribution in [1.29, 1.82) is 0 Å². The highest BCUT2D eigenvalue weighted by atomic mass is 32.2. The fourth-order valence-corrected chi connectivity index (χ4v) is 5.36. The summed E-state index contributed by atoms with van der Waals surface area (Å²) in [6, 6.07) is 4.23. The van der Waals surface area contributed by atoms with Crippen LogP contribution in [0, 0.1) is 16.7 Å². The van der Waals surface area contributed by atoms with Crippen LogP contribution in [0.4, 0.5) is 0 Å². The lowest BCUT2D eigenvalue weighted by atomic mass is 9.69. The summed E-state index contributed by atoms with van der Waals surface area (Å²) in [5.41, 5.74) is 3.14. The number of rotatable bonds is 2. The van der Waals surface area contributed by atoms with Gasteiger partial charge in [-0.1, -0.05) is 101 Å². The highest BCUT2D eigenvalue weighted by Gasteiger charge is 2.39. The van der Waals surface area contributed by atoms with Crippen LogP contribution in [0.5, 0.6) is 5.75 Å². The van der Waals surface area contributed by atoms with Crippen molar-refractivity contribution in [2.75, 3.05) is 0 Å². The molecule has 0 aliphatic heterocycles. The number of benzene rings is 1. The Labute approximate surface area is 200 Å². The van der Waals surface area contributed by atoms with Crippen molar-refractivity contribution >= 4 is 11.8 Å². The lowest BCUT2D eigenvalue weighted by Crippen LogP contribution is -2.30. The first kappa shape index (κ1) is 26.6. The second kappa shape index (κ2) is 8.31. The topological polar surface area (TPSA) is 40.5 Å². The van der Waals surface area contributed by atoms with E-state index in [2.05, 4.69) is 108 Å². The molecule has 0 amide bonds. The molecule has 0 radical (unpaired) electrons. The SMILES string of the molecule is C=C1C(Sc2cc(C(C)(C)C)c(O)c(C(C)(C)C)c2)=CC(C(C)(C)C)=C(O)C1C(C)(C)C. The Bertz CT molecular complexity index is 929. The van der Waals surface area contributed by atoms with Crippen LogP contribution in [0.1, 0.15) is 94.2 Å². The third kappa shape index (κ3) is 5.47. The molecule has 32 heavy (non-hydrogen) atoms. The van der Waals surface area contributed by atoms with Gasteiger partial charge in [-0.3, -0.25) is 0 Å². The molecule has 178 valence electrons. The minimum absolute atomic E-state index is 0.134. The predicted molar refractivity (Wildman–Crippen MR) is 141 cm³/mol. The first-order valence-electron chi connectivity index (χ1n) is 11.6. The molecule has 0 heterocycles. The van der Waals surface area contributed by atoms with E-state index in [4.69, 9.17) is 0 Å². The largest absolute Gasteiger partial charge is 0.511 e. The summed E-state index contributed by atoms with van der Waals surface area (Å²) in [6.45, 7) is 30.1. The zero-order valence-corrected chi connectivity index (χ0v) is 23.1. The molecule has 2 nitrogen and oxygen atoms in total. The van der Waals surface area contributed by atoms with E-state index in [9.17, 15) is 10.2 Å². The molecular weight excluding hydrogens is 412 g/mol. The summed E-state index contributed by atoms with van der Waals surface area (Å²) in [5.74, 6) is 0.701. The Morgan fingerprint density at radius 1 is 0.750 bits per heavy atom. The van der Waals surface area contributed by atoms with E-state index in [-0.39, 0.29) is 27.6 Å². The Hall–Kier alpha value is -1.61. The maximum absolute atomic E-state index is 11.2. The standard InChI is InChI=1S/C29H44O2S/c1-17-22(16-21(28(8,9)10)25(31)23(17)29(11,12)13)32-18-14-19(26(2,3)4)24(30)20(15-18)27(5,6)7/h14-16,23,30-31H,1H2,2-13H3. The van der Waals surface area contributed by atoms with Crippen molar-refractivity contribution in [3.63, 3.8) is 0 Å². The normalized spacial score (nSPS) is 18.8. The Balaban J connectivity index is 2.71. The summed E-state index contributed by atoms with van der Waals surface area (Å²) in [6.07, 6.45) is 2.12. The van der Waals surface area contributed by atoms with Crippen molar-refractivity contribution < 1.29 is 10.2 Å². The van der Waals surface area contributed by atoms with Crippen LogP contribution >= 0.6 is 11.8 Å². The number of allylic oxidation sites excluding steroid dienone is 4. The summed E-state index contributed by atoms with van der Waals surface area (Å²) >= 11 is 1.69. The summed E-state index contributed by atoms with van der Waals surface area (Å²) < 4.78 is 0. The van der Waals surface area contributed by atoms with Crippen molar-refractivity contribution in [1.82, 2.24) is 0 Å². The number of phenolic OH excluding ortho intramolecular Hbond substituents is 1. The fraction of sp³-hybridized carbons (Fsp3) is 0.586. The molecule has 0 saturated carbocycles. The van der Waals surface area contributed by atoms with Crippen LogP contribution in [0.15, 0.2) is 51.5 Å². The number of hydrogen-bond donors (Lipinski definition) is 2. The zero-order chi connectivity index (χ0) is 25.0. The summed E-state index contributed by atoms with van der Waals surface area (Å²) in [5, 5.41) is 22.3. The molecule has 1 unspecified atom stereocenters. The maximum atomic E-state index is 11.2. The van der Waals surface area contributed by atoms with Crippen LogP contribution in [-0.2, 0) is 10.8 Å². The molecule has 1 aliphatic carbocycles. The van der Waals surface area contributed by atoms with Gasteiger partial charge in [0.1, 0.15) is 11.5 Å². The number of aliphatic hydroxyl groups is 1. The van der Waals surface area contributed by atoms with Crippen molar-refractivity contribution in [2.45, 2.75) is 98.8 Å². The number of phenols is 1. The van der Waals surface area contributed by atoms with Gasteiger partial charge in [-0.15, -0.1) is 0 Å². The maximum Gasteiger partial charge on any atom is 0.123 e. The van der Waals surface area contributed by atoms with Crippen molar-refractivity contribution in [2.24, 2.45) is 16.7 Å². The zero-order valence-electron chi connectivity index (χ0n) is 22.3. The van der Waals surface area contributed by atoms with Crippen LogP contribution in [0.2, 0.25) is 0 Å². The molecule has 1 aliphatic rings. The monoisotopic (exact) mass is 456 g/mol. The van der Waals surface area contributed by atoms with Gasteiger partial charge in [0, 0.05) is 26.8 Å². The average Bonchev–Trinajstić information content (AvgIpc) is 2.54. The van der Waals surface area contributed by atoms with E-state index in [0.29, 0.717) is 11.5 Å². The van der Waals surface area contributed by atoms with E-state index in [1.807, 2.05) is 0 Å². The quantitative estimate of drug-likeness (QED) is 0.466. The second-order valence-corrected chi connectivity index (χ2v) is 14.5. The molecule has 1 aromatic rings. The Morgan fingerprint density at radius 2 is 1.19 bits per heavy atom. The van der Waals surface area contributed by atoms with Crippen molar-refractivity contribution in [3.05, 3.63) is 57.7 Å². The molecular formula is C29H44O2S. The van der Waals surface area contributed by atoms with Gasteiger partial charge < -0.3 is 10.2 Å². The highest BCUT2D eigenvalue weighted by molar-refractivity contribution is 8.03. The van der Waals surface area contributed by atoms with Gasteiger partial charge in [0.05, 0.1) is 0 Å². The molecule has 1 aromatic carbocycles. The minimum Gasteiger partial charge on any atom is -0.511 e. The van der Waals surface area contributed by atoms with Crippen LogP contribution in [0.3, 0.4) is 0 Å². The molecule has 3 heteroatoms. The Kier molecular flexibility index (Phi) is 6.92. The fourth-order valence-electron chi connectivity index (χ4n) is 4.33. The Morgan fingerprint density at radius 3 is 1.53 bits per heavy atom. The van der Waals surface area contributed by atoms with Gasteiger partial charge in [-0.2, -0.15) is 0 Å². The second-order valence-electron chi connectivity index (χ2n) is 13.4. The first-order chi connectivity index (χ1) is 14.2.